The van der Waals surface area contributed by atoms with Crippen molar-refractivity contribution < 1.29 is 19.1 Å². The van der Waals surface area contributed by atoms with Gasteiger partial charge in [-0.05, 0) is 48.9 Å². The van der Waals surface area contributed by atoms with Gasteiger partial charge >= 0.3 is 5.97 Å². The van der Waals surface area contributed by atoms with Crippen molar-refractivity contribution in [3.63, 3.8) is 0 Å². The predicted octanol–water partition coefficient (Wildman–Crippen LogP) is 4.31. The third-order valence-electron chi connectivity index (χ3n) is 3.30. The number of amides is 1. The number of carbonyl (C=O) groups excluding carboxylic acids is 2. The summed E-state index contributed by atoms with van der Waals surface area (Å²) in [6.45, 7) is 2.36. The summed E-state index contributed by atoms with van der Waals surface area (Å²) in [6, 6.07) is 13.4. The summed E-state index contributed by atoms with van der Waals surface area (Å²) in [6.07, 6.45) is 2.03. The Balaban J connectivity index is 1.80. The van der Waals surface area contributed by atoms with Crippen LogP contribution < -0.4 is 10.1 Å². The second-order valence-electron chi connectivity index (χ2n) is 5.36. The molecule has 6 heteroatoms. The highest BCUT2D eigenvalue weighted by Crippen LogP contribution is 2.15. The van der Waals surface area contributed by atoms with E-state index in [4.69, 9.17) is 21.1 Å². The maximum atomic E-state index is 12.0. The largest absolute Gasteiger partial charge is 0.494 e. The van der Waals surface area contributed by atoms with Gasteiger partial charge in [0.15, 0.2) is 6.61 Å². The van der Waals surface area contributed by atoms with Crippen LogP contribution in [0.4, 0.5) is 5.69 Å². The monoisotopic (exact) mass is 361 g/mol. The summed E-state index contributed by atoms with van der Waals surface area (Å²) >= 11 is 5.84. The van der Waals surface area contributed by atoms with Crippen molar-refractivity contribution in [2.24, 2.45) is 0 Å². The van der Waals surface area contributed by atoms with Crippen LogP contribution in [-0.4, -0.2) is 25.1 Å². The Labute approximate surface area is 151 Å². The lowest BCUT2D eigenvalue weighted by Crippen LogP contribution is -2.20. The van der Waals surface area contributed by atoms with E-state index in [1.807, 2.05) is 0 Å². The summed E-state index contributed by atoms with van der Waals surface area (Å²) < 4.78 is 10.5. The van der Waals surface area contributed by atoms with E-state index < -0.39 is 11.9 Å². The molecule has 132 valence electrons. The van der Waals surface area contributed by atoms with Gasteiger partial charge in [0.1, 0.15) is 5.75 Å². The van der Waals surface area contributed by atoms with Crippen molar-refractivity contribution in [3.05, 3.63) is 59.1 Å². The molecule has 1 N–H and O–H groups in total. The first-order valence-corrected chi connectivity index (χ1v) is 8.41. The molecule has 0 unspecified atom stereocenters. The van der Waals surface area contributed by atoms with Gasteiger partial charge in [-0.25, -0.2) is 4.79 Å². The molecule has 5 nitrogen and oxygen atoms in total. The van der Waals surface area contributed by atoms with E-state index in [2.05, 4.69) is 12.2 Å². The summed E-state index contributed by atoms with van der Waals surface area (Å²) in [5.74, 6) is -0.305. The molecule has 2 aromatic rings. The van der Waals surface area contributed by atoms with Crippen LogP contribution in [0.25, 0.3) is 0 Å². The van der Waals surface area contributed by atoms with Crippen LogP contribution in [0.3, 0.4) is 0 Å². The third kappa shape index (κ3) is 6.47. The van der Waals surface area contributed by atoms with Crippen LogP contribution >= 0.6 is 11.6 Å². The van der Waals surface area contributed by atoms with E-state index in [0.29, 0.717) is 28.6 Å². The van der Waals surface area contributed by atoms with Gasteiger partial charge in [0.2, 0.25) is 0 Å². The molecule has 25 heavy (non-hydrogen) atoms. The Kier molecular flexibility index (Phi) is 7.29. The highest BCUT2D eigenvalue weighted by atomic mass is 35.5. The number of hydrogen-bond donors (Lipinski definition) is 1. The summed E-state index contributed by atoms with van der Waals surface area (Å²) in [7, 11) is 0. The first-order valence-electron chi connectivity index (χ1n) is 8.04. The predicted molar refractivity (Wildman–Crippen MR) is 97.2 cm³/mol. The number of halogens is 1. The van der Waals surface area contributed by atoms with Crippen molar-refractivity contribution in [1.82, 2.24) is 0 Å². The fourth-order valence-corrected chi connectivity index (χ4v) is 2.19. The Morgan fingerprint density at radius 2 is 1.88 bits per heavy atom. The minimum absolute atomic E-state index is 0.360. The lowest BCUT2D eigenvalue weighted by Gasteiger charge is -2.08. The van der Waals surface area contributed by atoms with Crippen LogP contribution in [0.1, 0.15) is 30.1 Å². The Morgan fingerprint density at radius 3 is 2.56 bits per heavy atom. The van der Waals surface area contributed by atoms with Gasteiger partial charge in [0, 0.05) is 10.7 Å². The van der Waals surface area contributed by atoms with Crippen LogP contribution in [-0.2, 0) is 9.53 Å². The van der Waals surface area contributed by atoms with Crippen molar-refractivity contribution in [3.8, 4) is 5.75 Å². The number of carbonyl (C=O) groups is 2. The van der Waals surface area contributed by atoms with Crippen molar-refractivity contribution in [2.45, 2.75) is 19.8 Å². The zero-order valence-electron chi connectivity index (χ0n) is 14.0. The maximum Gasteiger partial charge on any atom is 0.338 e. The SMILES string of the molecule is CCCCOc1ccc(C(=O)OCC(=O)Nc2cccc(Cl)c2)cc1. The number of rotatable bonds is 8. The van der Waals surface area contributed by atoms with E-state index in [0.717, 1.165) is 12.8 Å². The van der Waals surface area contributed by atoms with Gasteiger partial charge < -0.3 is 14.8 Å². The van der Waals surface area contributed by atoms with Crippen molar-refractivity contribution in [1.29, 1.82) is 0 Å². The van der Waals surface area contributed by atoms with Gasteiger partial charge in [-0.3, -0.25) is 4.79 Å². The zero-order valence-corrected chi connectivity index (χ0v) is 14.7. The molecule has 0 bridgehead atoms. The number of anilines is 1. The second-order valence-corrected chi connectivity index (χ2v) is 5.80. The van der Waals surface area contributed by atoms with E-state index >= 15 is 0 Å². The number of hydrogen-bond acceptors (Lipinski definition) is 4. The minimum Gasteiger partial charge on any atom is -0.494 e. The molecular weight excluding hydrogens is 342 g/mol. The maximum absolute atomic E-state index is 12.0. The van der Waals surface area contributed by atoms with Gasteiger partial charge in [0.25, 0.3) is 5.91 Å². The minimum atomic E-state index is -0.568. The van der Waals surface area contributed by atoms with Gasteiger partial charge in [-0.15, -0.1) is 0 Å². The molecule has 0 spiro atoms. The molecule has 0 saturated carbocycles. The number of benzene rings is 2. The molecule has 0 aromatic heterocycles. The van der Waals surface area contributed by atoms with Crippen LogP contribution in [0.5, 0.6) is 5.75 Å². The number of ether oxygens (including phenoxy) is 2. The molecule has 0 saturated heterocycles. The normalized spacial score (nSPS) is 10.2. The second kappa shape index (κ2) is 9.69. The number of nitrogens with one attached hydrogen (secondary N) is 1. The Bertz CT molecular complexity index is 716. The fourth-order valence-electron chi connectivity index (χ4n) is 2.00. The van der Waals surface area contributed by atoms with Crippen LogP contribution in [0.2, 0.25) is 5.02 Å². The quantitative estimate of drug-likeness (QED) is 0.562. The highest BCUT2D eigenvalue weighted by Gasteiger charge is 2.10. The zero-order chi connectivity index (χ0) is 18.1. The fraction of sp³-hybridized carbons (Fsp3) is 0.263. The molecule has 0 radical (unpaired) electrons. The summed E-state index contributed by atoms with van der Waals surface area (Å²) in [4.78, 5) is 23.8. The van der Waals surface area contributed by atoms with Crippen LogP contribution in [0.15, 0.2) is 48.5 Å². The topological polar surface area (TPSA) is 64.6 Å². The molecule has 1 amide bonds. The van der Waals surface area contributed by atoms with Gasteiger partial charge in [-0.1, -0.05) is 31.0 Å². The number of esters is 1. The van der Waals surface area contributed by atoms with Crippen molar-refractivity contribution >= 4 is 29.2 Å². The lowest BCUT2D eigenvalue weighted by molar-refractivity contribution is -0.119. The molecule has 0 aliphatic rings. The van der Waals surface area contributed by atoms with Gasteiger partial charge in [-0.2, -0.15) is 0 Å². The van der Waals surface area contributed by atoms with Crippen LogP contribution in [0, 0.1) is 0 Å². The first-order chi connectivity index (χ1) is 12.1. The Hall–Kier alpha value is -2.53. The molecule has 0 aliphatic carbocycles. The summed E-state index contributed by atoms with van der Waals surface area (Å²) in [5.41, 5.74) is 0.903. The van der Waals surface area contributed by atoms with E-state index in [1.165, 1.54) is 0 Å². The van der Waals surface area contributed by atoms with Gasteiger partial charge in [0.05, 0.1) is 12.2 Å². The molecule has 0 aliphatic heterocycles. The average molecular weight is 362 g/mol. The summed E-state index contributed by atoms with van der Waals surface area (Å²) in [5, 5.41) is 3.12. The molecule has 0 heterocycles. The molecule has 2 aromatic carbocycles. The van der Waals surface area contributed by atoms with E-state index in [9.17, 15) is 9.59 Å². The molecular formula is C19H20ClNO4. The molecule has 2 rings (SSSR count). The van der Waals surface area contributed by atoms with E-state index in [1.54, 1.807) is 48.5 Å². The van der Waals surface area contributed by atoms with E-state index in [-0.39, 0.29) is 6.61 Å². The Morgan fingerprint density at radius 1 is 1.12 bits per heavy atom. The molecule has 0 atom stereocenters. The average Bonchev–Trinajstić information content (AvgIpc) is 2.60. The standard InChI is InChI=1S/C19H20ClNO4/c1-2-3-11-24-17-9-7-14(8-10-17)19(23)25-13-18(22)21-16-6-4-5-15(20)12-16/h4-10,12H,2-3,11,13H2,1H3,(H,21,22). The van der Waals surface area contributed by atoms with Crippen molar-refractivity contribution in [2.75, 3.05) is 18.5 Å². The first kappa shape index (κ1) is 18.8. The highest BCUT2D eigenvalue weighted by molar-refractivity contribution is 6.30. The molecule has 0 fully saturated rings. The lowest BCUT2D eigenvalue weighted by atomic mass is 10.2. The number of unbranched alkanes of at least 4 members (excludes halogenated alkanes) is 1. The smallest absolute Gasteiger partial charge is 0.338 e. The third-order valence-corrected chi connectivity index (χ3v) is 3.53.